The SMILES string of the molecule is CCOC(=O)c1c(S(=O)(=O)NCC(=O)O)c(C)n(CC)c1C. The van der Waals surface area contributed by atoms with Gasteiger partial charge in [0, 0.05) is 17.9 Å². The van der Waals surface area contributed by atoms with Crippen LogP contribution in [0.15, 0.2) is 4.90 Å². The summed E-state index contributed by atoms with van der Waals surface area (Å²) in [6.45, 7) is 6.44. The van der Waals surface area contributed by atoms with Gasteiger partial charge in [0.2, 0.25) is 10.0 Å². The lowest BCUT2D eigenvalue weighted by atomic mass is 10.2. The highest BCUT2D eigenvalue weighted by Gasteiger charge is 2.32. The maximum atomic E-state index is 12.4. The number of esters is 1. The molecule has 0 aliphatic rings. The molecule has 0 aromatic carbocycles. The number of aliphatic carboxylic acids is 1. The summed E-state index contributed by atoms with van der Waals surface area (Å²) < 4.78 is 33.3. The number of ether oxygens (including phenoxy) is 1. The molecule has 22 heavy (non-hydrogen) atoms. The monoisotopic (exact) mass is 332 g/mol. The molecule has 0 spiro atoms. The van der Waals surface area contributed by atoms with Crippen LogP contribution in [0.2, 0.25) is 0 Å². The summed E-state index contributed by atoms with van der Waals surface area (Å²) in [5.41, 5.74) is 0.772. The molecule has 0 bridgehead atoms. The average Bonchev–Trinajstić information content (AvgIpc) is 2.68. The molecule has 0 saturated carbocycles. The van der Waals surface area contributed by atoms with E-state index >= 15 is 0 Å². The van der Waals surface area contributed by atoms with E-state index in [2.05, 4.69) is 0 Å². The number of nitrogens with zero attached hydrogens (tertiary/aromatic N) is 1. The number of carbonyl (C=O) groups is 2. The Morgan fingerprint density at radius 3 is 2.27 bits per heavy atom. The quantitative estimate of drug-likeness (QED) is 0.709. The van der Waals surface area contributed by atoms with E-state index in [-0.39, 0.29) is 17.1 Å². The first kappa shape index (κ1) is 18.2. The van der Waals surface area contributed by atoms with Crippen molar-refractivity contribution in [3.8, 4) is 0 Å². The number of hydrogen-bond acceptors (Lipinski definition) is 5. The fourth-order valence-corrected chi connectivity index (χ4v) is 3.79. The van der Waals surface area contributed by atoms with Crippen LogP contribution in [0.25, 0.3) is 0 Å². The van der Waals surface area contributed by atoms with Crippen molar-refractivity contribution < 1.29 is 27.9 Å². The second-order valence-electron chi connectivity index (χ2n) is 4.56. The second kappa shape index (κ2) is 6.93. The Balaban J connectivity index is 3.51. The van der Waals surface area contributed by atoms with Crippen molar-refractivity contribution in [3.05, 3.63) is 17.0 Å². The van der Waals surface area contributed by atoms with Crippen molar-refractivity contribution in [2.45, 2.75) is 39.1 Å². The van der Waals surface area contributed by atoms with Crippen LogP contribution in [0.1, 0.15) is 35.6 Å². The number of sulfonamides is 1. The van der Waals surface area contributed by atoms with Gasteiger partial charge in [0.1, 0.15) is 17.0 Å². The number of carboxylic acid groups (broad SMARTS) is 1. The summed E-state index contributed by atoms with van der Waals surface area (Å²) in [5, 5.41) is 8.64. The number of hydrogen-bond donors (Lipinski definition) is 2. The first-order valence-corrected chi connectivity index (χ1v) is 8.23. The standard InChI is InChI=1S/C13H20N2O6S/c1-5-15-8(3)11(13(18)21-6-2)12(9(15)4)22(19,20)14-7-10(16)17/h14H,5-7H2,1-4H3,(H,16,17). The van der Waals surface area contributed by atoms with E-state index in [9.17, 15) is 18.0 Å². The smallest absolute Gasteiger partial charge is 0.341 e. The number of carboxylic acids is 1. The minimum Gasteiger partial charge on any atom is -0.480 e. The lowest BCUT2D eigenvalue weighted by Gasteiger charge is -2.08. The second-order valence-corrected chi connectivity index (χ2v) is 6.26. The molecule has 8 nitrogen and oxygen atoms in total. The van der Waals surface area contributed by atoms with Crippen LogP contribution in [0.3, 0.4) is 0 Å². The van der Waals surface area contributed by atoms with Crippen molar-refractivity contribution in [1.82, 2.24) is 9.29 Å². The lowest BCUT2D eigenvalue weighted by molar-refractivity contribution is -0.135. The van der Waals surface area contributed by atoms with Gasteiger partial charge in [-0.1, -0.05) is 0 Å². The number of carbonyl (C=O) groups excluding carboxylic acids is 1. The summed E-state index contributed by atoms with van der Waals surface area (Å²) in [6, 6.07) is 0. The molecule has 1 aromatic rings. The van der Waals surface area contributed by atoms with Crippen LogP contribution < -0.4 is 4.72 Å². The maximum absolute atomic E-state index is 12.4. The minimum absolute atomic E-state index is 0.0564. The van der Waals surface area contributed by atoms with E-state index < -0.39 is 28.5 Å². The Bertz CT molecular complexity index is 690. The van der Waals surface area contributed by atoms with E-state index in [0.717, 1.165) is 0 Å². The molecule has 9 heteroatoms. The largest absolute Gasteiger partial charge is 0.480 e. The fraction of sp³-hybridized carbons (Fsp3) is 0.538. The van der Waals surface area contributed by atoms with Crippen LogP contribution in [0.5, 0.6) is 0 Å². The van der Waals surface area contributed by atoms with E-state index in [4.69, 9.17) is 9.84 Å². The topological polar surface area (TPSA) is 115 Å². The van der Waals surface area contributed by atoms with Crippen LogP contribution in [-0.4, -0.2) is 43.2 Å². The molecule has 0 amide bonds. The Morgan fingerprint density at radius 1 is 1.23 bits per heavy atom. The minimum atomic E-state index is -4.14. The third-order valence-corrected chi connectivity index (χ3v) is 4.77. The van der Waals surface area contributed by atoms with Crippen LogP contribution >= 0.6 is 0 Å². The Morgan fingerprint density at radius 2 is 1.82 bits per heavy atom. The molecule has 0 saturated heterocycles. The molecule has 0 aliphatic carbocycles. The number of rotatable bonds is 7. The fourth-order valence-electron chi connectivity index (χ4n) is 2.33. The van der Waals surface area contributed by atoms with E-state index in [0.29, 0.717) is 17.9 Å². The molecule has 0 aliphatic heterocycles. The molecule has 0 fully saturated rings. The molecular weight excluding hydrogens is 312 g/mol. The molecule has 0 radical (unpaired) electrons. The molecular formula is C13H20N2O6S. The van der Waals surface area contributed by atoms with Crippen molar-refractivity contribution in [3.63, 3.8) is 0 Å². The normalized spacial score (nSPS) is 11.5. The molecule has 1 heterocycles. The van der Waals surface area contributed by atoms with Gasteiger partial charge in [-0.3, -0.25) is 4.79 Å². The highest BCUT2D eigenvalue weighted by Crippen LogP contribution is 2.27. The van der Waals surface area contributed by atoms with Crippen LogP contribution in [0, 0.1) is 13.8 Å². The zero-order chi connectivity index (χ0) is 17.1. The predicted molar refractivity (Wildman–Crippen MR) is 78.4 cm³/mol. The van der Waals surface area contributed by atoms with Gasteiger partial charge in [-0.2, -0.15) is 4.72 Å². The highest BCUT2D eigenvalue weighted by molar-refractivity contribution is 7.89. The van der Waals surface area contributed by atoms with Crippen LogP contribution in [0.4, 0.5) is 0 Å². The molecule has 124 valence electrons. The summed E-state index contributed by atoms with van der Waals surface area (Å²) in [6.07, 6.45) is 0. The van der Waals surface area contributed by atoms with Crippen molar-refractivity contribution in [2.24, 2.45) is 0 Å². The van der Waals surface area contributed by atoms with E-state index in [1.807, 2.05) is 11.6 Å². The first-order chi connectivity index (χ1) is 10.2. The zero-order valence-electron chi connectivity index (χ0n) is 13.0. The third kappa shape index (κ3) is 3.47. The third-order valence-electron chi connectivity index (χ3n) is 3.21. The van der Waals surface area contributed by atoms with E-state index in [1.54, 1.807) is 25.3 Å². The first-order valence-electron chi connectivity index (χ1n) is 6.75. The molecule has 1 rings (SSSR count). The van der Waals surface area contributed by atoms with E-state index in [1.165, 1.54) is 0 Å². The van der Waals surface area contributed by atoms with Crippen molar-refractivity contribution in [1.29, 1.82) is 0 Å². The van der Waals surface area contributed by atoms with Gasteiger partial charge >= 0.3 is 11.9 Å². The number of nitrogens with one attached hydrogen (secondary N) is 1. The molecule has 0 unspecified atom stereocenters. The van der Waals surface area contributed by atoms with Gasteiger partial charge in [-0.15, -0.1) is 0 Å². The van der Waals surface area contributed by atoms with Crippen molar-refractivity contribution in [2.75, 3.05) is 13.2 Å². The number of aromatic nitrogens is 1. The Labute approximate surface area is 129 Å². The zero-order valence-corrected chi connectivity index (χ0v) is 13.8. The summed E-state index contributed by atoms with van der Waals surface area (Å²) in [5.74, 6) is -2.06. The maximum Gasteiger partial charge on any atom is 0.341 e. The van der Waals surface area contributed by atoms with Crippen molar-refractivity contribution >= 4 is 22.0 Å². The van der Waals surface area contributed by atoms with Gasteiger partial charge in [-0.25, -0.2) is 13.2 Å². The van der Waals surface area contributed by atoms with Gasteiger partial charge in [-0.05, 0) is 27.7 Å². The average molecular weight is 332 g/mol. The summed E-state index contributed by atoms with van der Waals surface area (Å²) in [4.78, 5) is 22.5. The van der Waals surface area contributed by atoms with Gasteiger partial charge in [0.25, 0.3) is 0 Å². The summed E-state index contributed by atoms with van der Waals surface area (Å²) in [7, 11) is -4.14. The Hall–Kier alpha value is -1.87. The van der Waals surface area contributed by atoms with Gasteiger partial charge in [0.05, 0.1) is 6.61 Å². The van der Waals surface area contributed by atoms with Crippen LogP contribution in [-0.2, 0) is 26.1 Å². The molecule has 2 N–H and O–H groups in total. The lowest BCUT2D eigenvalue weighted by Crippen LogP contribution is -2.30. The molecule has 0 atom stereocenters. The predicted octanol–water partition coefficient (Wildman–Crippen LogP) is 0.664. The van der Waals surface area contributed by atoms with Gasteiger partial charge in [0.15, 0.2) is 0 Å². The van der Waals surface area contributed by atoms with Gasteiger partial charge < -0.3 is 14.4 Å². The molecule has 1 aromatic heterocycles. The highest BCUT2D eigenvalue weighted by atomic mass is 32.2. The Kier molecular flexibility index (Phi) is 5.72. The summed E-state index contributed by atoms with van der Waals surface area (Å²) >= 11 is 0.